The third-order valence-electron chi connectivity index (χ3n) is 2.80. The third kappa shape index (κ3) is 4.05. The van der Waals surface area contributed by atoms with E-state index in [1.54, 1.807) is 0 Å². The molecule has 1 unspecified atom stereocenters. The largest absolute Gasteiger partial charge is 0.436 e. The predicted octanol–water partition coefficient (Wildman–Crippen LogP) is 3.63. The smallest absolute Gasteiger partial charge is 0.348 e. The molecule has 0 saturated carbocycles. The van der Waals surface area contributed by atoms with Gasteiger partial charge in [-0.25, -0.2) is 8.60 Å². The monoisotopic (exact) mass is 341 g/mol. The van der Waals surface area contributed by atoms with Crippen LogP contribution in [0.1, 0.15) is 33.3 Å². The highest BCUT2D eigenvalue weighted by Crippen LogP contribution is 2.41. The van der Waals surface area contributed by atoms with Crippen LogP contribution in [0.4, 0.5) is 17.6 Å². The van der Waals surface area contributed by atoms with Crippen LogP contribution in [-0.4, -0.2) is 21.7 Å². The van der Waals surface area contributed by atoms with Gasteiger partial charge < -0.3 is 4.74 Å². The van der Waals surface area contributed by atoms with Crippen LogP contribution in [0.15, 0.2) is 24.3 Å². The first-order valence-electron chi connectivity index (χ1n) is 6.60. The highest BCUT2D eigenvalue weighted by atomic mass is 32.2. The Labute approximate surface area is 129 Å². The third-order valence-corrected chi connectivity index (χ3v) is 4.39. The second-order valence-corrected chi connectivity index (χ2v) is 7.57. The summed E-state index contributed by atoms with van der Waals surface area (Å²) < 4.78 is 72.3. The van der Waals surface area contributed by atoms with Gasteiger partial charge in [0.15, 0.2) is 0 Å². The molecule has 0 saturated heterocycles. The van der Waals surface area contributed by atoms with E-state index in [0.717, 1.165) is 24.3 Å². The van der Waals surface area contributed by atoms with E-state index in [-0.39, 0.29) is 12.2 Å². The average molecular weight is 341 g/mol. The molecule has 0 bridgehead atoms. The molecule has 8 heteroatoms. The SMILES string of the molecule is CCOC(N[S@@](=O)C(C)(C)C)(c1ccc(F)cc1)C(F)(F)F. The summed E-state index contributed by atoms with van der Waals surface area (Å²) in [5.41, 5.74) is -3.33. The Kier molecular flexibility index (Phi) is 5.75. The maximum Gasteiger partial charge on any atom is 0.436 e. The first kappa shape index (κ1) is 19.1. The molecule has 0 radical (unpaired) electrons. The molecule has 0 spiro atoms. The average Bonchev–Trinajstić information content (AvgIpc) is 2.36. The number of hydrogen-bond acceptors (Lipinski definition) is 2. The van der Waals surface area contributed by atoms with Crippen molar-refractivity contribution in [2.24, 2.45) is 0 Å². The normalized spacial score (nSPS) is 17.1. The van der Waals surface area contributed by atoms with E-state index >= 15 is 0 Å². The topological polar surface area (TPSA) is 38.3 Å². The lowest BCUT2D eigenvalue weighted by Gasteiger charge is -2.37. The molecule has 1 N–H and O–H groups in total. The van der Waals surface area contributed by atoms with Crippen molar-refractivity contribution in [3.63, 3.8) is 0 Å². The van der Waals surface area contributed by atoms with Gasteiger partial charge in [0.2, 0.25) is 0 Å². The summed E-state index contributed by atoms with van der Waals surface area (Å²) >= 11 is 0. The van der Waals surface area contributed by atoms with Crippen LogP contribution in [0.25, 0.3) is 0 Å². The van der Waals surface area contributed by atoms with Gasteiger partial charge in [0, 0.05) is 12.2 Å². The molecule has 1 aromatic carbocycles. The van der Waals surface area contributed by atoms with E-state index in [1.807, 2.05) is 4.72 Å². The zero-order valence-corrected chi connectivity index (χ0v) is 13.6. The summed E-state index contributed by atoms with van der Waals surface area (Å²) in [7, 11) is -2.05. The zero-order chi connectivity index (χ0) is 17.2. The minimum atomic E-state index is -4.89. The highest BCUT2D eigenvalue weighted by molar-refractivity contribution is 7.84. The Morgan fingerprint density at radius 1 is 1.14 bits per heavy atom. The van der Waals surface area contributed by atoms with Crippen LogP contribution in [0.5, 0.6) is 0 Å². The predicted molar refractivity (Wildman–Crippen MR) is 76.8 cm³/mol. The summed E-state index contributed by atoms with van der Waals surface area (Å²) in [5.74, 6) is -0.673. The first-order chi connectivity index (χ1) is 9.94. The van der Waals surface area contributed by atoms with Gasteiger partial charge in [-0.2, -0.15) is 17.9 Å². The fourth-order valence-electron chi connectivity index (χ4n) is 1.66. The molecular formula is C14H19F4NO2S. The molecule has 0 aromatic heterocycles. The Balaban J connectivity index is 3.41. The van der Waals surface area contributed by atoms with E-state index in [4.69, 9.17) is 4.74 Å². The Bertz CT molecular complexity index is 525. The number of alkyl halides is 3. The Morgan fingerprint density at radius 3 is 2.00 bits per heavy atom. The second-order valence-electron chi connectivity index (χ2n) is 5.60. The van der Waals surface area contributed by atoms with Gasteiger partial charge in [-0.1, -0.05) is 12.1 Å². The molecular weight excluding hydrogens is 322 g/mol. The summed E-state index contributed by atoms with van der Waals surface area (Å²) in [6, 6.07) is 3.73. The van der Waals surface area contributed by atoms with E-state index < -0.39 is 33.5 Å². The van der Waals surface area contributed by atoms with Crippen LogP contribution in [0.3, 0.4) is 0 Å². The van der Waals surface area contributed by atoms with Gasteiger partial charge in [-0.15, -0.1) is 0 Å². The lowest BCUT2D eigenvalue weighted by Crippen LogP contribution is -2.58. The van der Waals surface area contributed by atoms with E-state index in [2.05, 4.69) is 0 Å². The van der Waals surface area contributed by atoms with Crippen LogP contribution < -0.4 is 4.72 Å². The van der Waals surface area contributed by atoms with Crippen molar-refractivity contribution >= 4 is 11.0 Å². The van der Waals surface area contributed by atoms with Crippen molar-refractivity contribution in [3.8, 4) is 0 Å². The lowest BCUT2D eigenvalue weighted by molar-refractivity contribution is -0.289. The Morgan fingerprint density at radius 2 is 1.64 bits per heavy atom. The molecule has 0 aliphatic rings. The number of hydrogen-bond donors (Lipinski definition) is 1. The molecule has 0 amide bonds. The number of halogens is 4. The summed E-state index contributed by atoms with van der Waals surface area (Å²) in [6.07, 6.45) is -4.89. The van der Waals surface area contributed by atoms with Crippen molar-refractivity contribution in [2.45, 2.75) is 44.3 Å². The molecule has 0 aliphatic carbocycles. The molecule has 0 fully saturated rings. The molecule has 22 heavy (non-hydrogen) atoms. The molecule has 126 valence electrons. The van der Waals surface area contributed by atoms with Gasteiger partial charge in [0.05, 0.1) is 15.7 Å². The van der Waals surface area contributed by atoms with Gasteiger partial charge >= 0.3 is 6.18 Å². The van der Waals surface area contributed by atoms with Crippen molar-refractivity contribution in [1.29, 1.82) is 0 Å². The maximum absolute atomic E-state index is 13.7. The van der Waals surface area contributed by atoms with Crippen LogP contribution >= 0.6 is 0 Å². The standard InChI is InChI=1S/C14H19F4NO2S/c1-5-21-13(14(16,17)18,19-22(20)12(2,3)4)10-6-8-11(15)9-7-10/h6-9,19H,5H2,1-4H3/t13?,22-/m0/s1. The minimum Gasteiger partial charge on any atom is -0.348 e. The van der Waals surface area contributed by atoms with E-state index in [9.17, 15) is 21.8 Å². The first-order valence-corrected chi connectivity index (χ1v) is 7.75. The van der Waals surface area contributed by atoms with Crippen LogP contribution in [0, 0.1) is 5.82 Å². The second kappa shape index (κ2) is 6.64. The van der Waals surface area contributed by atoms with Crippen LogP contribution in [0.2, 0.25) is 0 Å². The number of nitrogens with one attached hydrogen (secondary N) is 1. The fourth-order valence-corrected chi connectivity index (χ4v) is 2.52. The van der Waals surface area contributed by atoms with E-state index in [1.165, 1.54) is 27.7 Å². The summed E-state index contributed by atoms with van der Waals surface area (Å²) in [5, 5.41) is 0. The molecule has 1 aromatic rings. The lowest BCUT2D eigenvalue weighted by atomic mass is 10.0. The van der Waals surface area contributed by atoms with Gasteiger partial charge in [-0.3, -0.25) is 0 Å². The number of ether oxygens (including phenoxy) is 1. The fraction of sp³-hybridized carbons (Fsp3) is 0.571. The van der Waals surface area contributed by atoms with Crippen LogP contribution in [-0.2, 0) is 21.4 Å². The summed E-state index contributed by atoms with van der Waals surface area (Å²) in [4.78, 5) is 0. The van der Waals surface area contributed by atoms with Crippen molar-refractivity contribution in [2.75, 3.05) is 6.61 Å². The number of benzene rings is 1. The van der Waals surface area contributed by atoms with Crippen molar-refractivity contribution < 1.29 is 26.5 Å². The quantitative estimate of drug-likeness (QED) is 0.656. The highest BCUT2D eigenvalue weighted by Gasteiger charge is 2.59. The van der Waals surface area contributed by atoms with Gasteiger partial charge in [-0.05, 0) is 39.8 Å². The van der Waals surface area contributed by atoms with E-state index in [0.29, 0.717) is 0 Å². The minimum absolute atomic E-state index is 0.273. The van der Waals surface area contributed by atoms with Crippen molar-refractivity contribution in [3.05, 3.63) is 35.6 Å². The number of rotatable bonds is 5. The molecule has 0 aliphatic heterocycles. The molecule has 3 nitrogen and oxygen atoms in total. The maximum atomic E-state index is 13.7. The Hall–Kier alpha value is -0.990. The van der Waals surface area contributed by atoms with Crippen molar-refractivity contribution in [1.82, 2.24) is 4.72 Å². The molecule has 1 rings (SSSR count). The summed E-state index contributed by atoms with van der Waals surface area (Å²) in [6.45, 7) is 5.73. The molecule has 2 atom stereocenters. The molecule has 0 heterocycles. The van der Waals surface area contributed by atoms with Gasteiger partial charge in [0.1, 0.15) is 5.82 Å². The zero-order valence-electron chi connectivity index (χ0n) is 12.8. The van der Waals surface area contributed by atoms with Gasteiger partial charge in [0.25, 0.3) is 5.72 Å².